The highest BCUT2D eigenvalue weighted by Crippen LogP contribution is 2.20. The van der Waals surface area contributed by atoms with Crippen LogP contribution in [-0.2, 0) is 0 Å². The van der Waals surface area contributed by atoms with Crippen LogP contribution in [0.15, 0.2) is 61.2 Å². The van der Waals surface area contributed by atoms with Gasteiger partial charge in [-0.25, -0.2) is 24.3 Å². The van der Waals surface area contributed by atoms with Gasteiger partial charge in [0.1, 0.15) is 17.3 Å². The lowest BCUT2D eigenvalue weighted by Crippen LogP contribution is -2.00. The molecule has 4 aromatic rings. The predicted molar refractivity (Wildman–Crippen MR) is 83.7 cm³/mol. The van der Waals surface area contributed by atoms with E-state index in [0.717, 1.165) is 23.2 Å². The molecule has 0 atom stereocenters. The van der Waals surface area contributed by atoms with Gasteiger partial charge in [0.25, 0.3) is 0 Å². The van der Waals surface area contributed by atoms with Crippen LogP contribution >= 0.6 is 0 Å². The molecule has 0 bridgehead atoms. The van der Waals surface area contributed by atoms with Gasteiger partial charge in [0.05, 0.1) is 23.8 Å². The minimum absolute atomic E-state index is 0.382. The molecule has 0 fully saturated rings. The SMILES string of the molecule is Fc1ccc(Nc2nccc(-c3cnc4ccccn34)n2)nc1. The first-order chi connectivity index (χ1) is 11.3. The Bertz CT molecular complexity index is 964. The van der Waals surface area contributed by atoms with Crippen LogP contribution in [0, 0.1) is 5.82 Å². The molecular weight excluding hydrogens is 295 g/mol. The van der Waals surface area contributed by atoms with Crippen LogP contribution in [0.4, 0.5) is 16.2 Å². The molecule has 23 heavy (non-hydrogen) atoms. The van der Waals surface area contributed by atoms with Crippen molar-refractivity contribution in [2.45, 2.75) is 0 Å². The molecule has 0 aromatic carbocycles. The maximum absolute atomic E-state index is 12.9. The fourth-order valence-corrected chi connectivity index (χ4v) is 2.25. The van der Waals surface area contributed by atoms with Crippen molar-refractivity contribution < 1.29 is 4.39 Å². The standard InChI is InChI=1S/C16H11FN6/c17-11-4-5-14(19-9-11)22-16-18-7-6-12(21-16)13-10-20-15-3-1-2-8-23(13)15/h1-10H,(H,18,19,21,22). The molecule has 6 nitrogen and oxygen atoms in total. The van der Waals surface area contributed by atoms with Gasteiger partial charge in [-0.1, -0.05) is 6.07 Å². The van der Waals surface area contributed by atoms with Crippen LogP contribution < -0.4 is 5.32 Å². The maximum atomic E-state index is 12.9. The van der Waals surface area contributed by atoms with Crippen LogP contribution in [0.1, 0.15) is 0 Å². The molecule has 4 heterocycles. The number of hydrogen-bond donors (Lipinski definition) is 1. The molecular formula is C16H11FN6. The molecule has 0 radical (unpaired) electrons. The number of halogens is 1. The minimum atomic E-state index is -0.393. The zero-order valence-electron chi connectivity index (χ0n) is 11.9. The summed E-state index contributed by atoms with van der Waals surface area (Å²) in [6.07, 6.45) is 6.47. The van der Waals surface area contributed by atoms with E-state index < -0.39 is 5.82 Å². The van der Waals surface area contributed by atoms with Crippen molar-refractivity contribution in [1.82, 2.24) is 24.3 Å². The fourth-order valence-electron chi connectivity index (χ4n) is 2.25. The number of hydrogen-bond acceptors (Lipinski definition) is 5. The van der Waals surface area contributed by atoms with Crippen LogP contribution in [-0.4, -0.2) is 24.3 Å². The topological polar surface area (TPSA) is 68.0 Å². The molecule has 0 spiro atoms. The normalized spacial score (nSPS) is 10.8. The Balaban J connectivity index is 1.70. The third-order valence-electron chi connectivity index (χ3n) is 3.30. The minimum Gasteiger partial charge on any atom is -0.309 e. The molecule has 0 saturated carbocycles. The van der Waals surface area contributed by atoms with Gasteiger partial charge in [0, 0.05) is 12.4 Å². The lowest BCUT2D eigenvalue weighted by molar-refractivity contribution is 0.622. The average Bonchev–Trinajstić information content (AvgIpc) is 3.01. The van der Waals surface area contributed by atoms with Crippen molar-refractivity contribution in [2.75, 3.05) is 5.32 Å². The number of rotatable bonds is 3. The number of anilines is 2. The number of aromatic nitrogens is 5. The van der Waals surface area contributed by atoms with E-state index in [2.05, 4.69) is 25.3 Å². The third-order valence-corrected chi connectivity index (χ3v) is 3.30. The first-order valence-electron chi connectivity index (χ1n) is 6.94. The van der Waals surface area contributed by atoms with Crippen LogP contribution in [0.3, 0.4) is 0 Å². The van der Waals surface area contributed by atoms with Crippen LogP contribution in [0.2, 0.25) is 0 Å². The van der Waals surface area contributed by atoms with Gasteiger partial charge in [0.2, 0.25) is 5.95 Å². The quantitative estimate of drug-likeness (QED) is 0.630. The number of imidazole rings is 1. The molecule has 7 heteroatoms. The molecule has 0 amide bonds. The molecule has 4 aromatic heterocycles. The predicted octanol–water partition coefficient (Wildman–Crippen LogP) is 3.07. The molecule has 0 aliphatic carbocycles. The van der Waals surface area contributed by atoms with E-state index >= 15 is 0 Å². The van der Waals surface area contributed by atoms with Crippen LogP contribution in [0.5, 0.6) is 0 Å². The number of fused-ring (bicyclic) bond motifs is 1. The fraction of sp³-hybridized carbons (Fsp3) is 0. The Morgan fingerprint density at radius 3 is 2.78 bits per heavy atom. The van der Waals surface area contributed by atoms with Crippen molar-refractivity contribution in [1.29, 1.82) is 0 Å². The summed E-state index contributed by atoms with van der Waals surface area (Å²) in [5, 5.41) is 2.95. The summed E-state index contributed by atoms with van der Waals surface area (Å²) < 4.78 is 14.8. The highest BCUT2D eigenvalue weighted by molar-refractivity contribution is 5.61. The monoisotopic (exact) mass is 306 g/mol. The van der Waals surface area contributed by atoms with Gasteiger partial charge < -0.3 is 5.32 Å². The summed E-state index contributed by atoms with van der Waals surface area (Å²) in [7, 11) is 0. The van der Waals surface area contributed by atoms with Gasteiger partial charge in [-0.05, 0) is 30.3 Å². The summed E-state index contributed by atoms with van der Waals surface area (Å²) >= 11 is 0. The van der Waals surface area contributed by atoms with Crippen molar-refractivity contribution in [3.8, 4) is 11.4 Å². The first kappa shape index (κ1) is 13.3. The smallest absolute Gasteiger partial charge is 0.228 e. The van der Waals surface area contributed by atoms with Gasteiger partial charge >= 0.3 is 0 Å². The van der Waals surface area contributed by atoms with E-state index in [-0.39, 0.29) is 0 Å². The van der Waals surface area contributed by atoms with E-state index in [1.54, 1.807) is 18.5 Å². The summed E-state index contributed by atoms with van der Waals surface area (Å²) in [6.45, 7) is 0. The largest absolute Gasteiger partial charge is 0.309 e. The van der Waals surface area contributed by atoms with Gasteiger partial charge in [0.15, 0.2) is 0 Å². The molecule has 112 valence electrons. The number of nitrogens with one attached hydrogen (secondary N) is 1. The van der Waals surface area contributed by atoms with Crippen molar-refractivity contribution in [2.24, 2.45) is 0 Å². The second-order valence-electron chi connectivity index (χ2n) is 4.82. The highest BCUT2D eigenvalue weighted by Gasteiger charge is 2.08. The van der Waals surface area contributed by atoms with Crippen molar-refractivity contribution in [3.05, 3.63) is 67.0 Å². The lowest BCUT2D eigenvalue weighted by Gasteiger charge is -2.05. The van der Waals surface area contributed by atoms with Gasteiger partial charge in [-0.2, -0.15) is 0 Å². The average molecular weight is 306 g/mol. The Morgan fingerprint density at radius 1 is 0.957 bits per heavy atom. The molecule has 0 aliphatic heterocycles. The first-order valence-corrected chi connectivity index (χ1v) is 6.94. The third kappa shape index (κ3) is 2.59. The van der Waals surface area contributed by atoms with Gasteiger partial charge in [-0.3, -0.25) is 4.40 Å². The summed E-state index contributed by atoms with van der Waals surface area (Å²) in [5.74, 6) is 0.463. The summed E-state index contributed by atoms with van der Waals surface area (Å²) in [4.78, 5) is 16.9. The molecule has 0 aliphatic rings. The Morgan fingerprint density at radius 2 is 1.91 bits per heavy atom. The van der Waals surface area contributed by atoms with Crippen molar-refractivity contribution in [3.63, 3.8) is 0 Å². The Hall–Kier alpha value is -3.35. The van der Waals surface area contributed by atoms with Crippen molar-refractivity contribution >= 4 is 17.4 Å². The molecule has 0 unspecified atom stereocenters. The molecule has 1 N–H and O–H groups in total. The van der Waals surface area contributed by atoms with E-state index in [1.165, 1.54) is 12.1 Å². The zero-order valence-corrected chi connectivity index (χ0v) is 11.9. The van der Waals surface area contributed by atoms with E-state index in [4.69, 9.17) is 0 Å². The number of pyridine rings is 2. The van der Waals surface area contributed by atoms with E-state index in [9.17, 15) is 4.39 Å². The molecule has 0 saturated heterocycles. The highest BCUT2D eigenvalue weighted by atomic mass is 19.1. The summed E-state index contributed by atoms with van der Waals surface area (Å²) in [5.41, 5.74) is 2.43. The molecule has 4 rings (SSSR count). The maximum Gasteiger partial charge on any atom is 0.228 e. The van der Waals surface area contributed by atoms with Crippen LogP contribution in [0.25, 0.3) is 17.0 Å². The van der Waals surface area contributed by atoms with Gasteiger partial charge in [-0.15, -0.1) is 0 Å². The second-order valence-corrected chi connectivity index (χ2v) is 4.82. The lowest BCUT2D eigenvalue weighted by atomic mass is 10.3. The summed E-state index contributed by atoms with van der Waals surface area (Å²) in [6, 6.07) is 10.4. The Kier molecular flexibility index (Phi) is 3.16. The van der Waals surface area contributed by atoms with E-state index in [0.29, 0.717) is 11.8 Å². The zero-order chi connectivity index (χ0) is 15.6. The Labute approximate surface area is 130 Å². The van der Waals surface area contributed by atoms with E-state index in [1.807, 2.05) is 28.8 Å². The second kappa shape index (κ2) is 5.45. The number of nitrogens with zero attached hydrogens (tertiary/aromatic N) is 5.